The number of hydrogen-bond acceptors (Lipinski definition) is 40. The summed E-state index contributed by atoms with van der Waals surface area (Å²) in [4.78, 5) is 33.5. The average molecular weight is 2130 g/mol. The molecule has 12 aromatic rings. The molecular formula is C96H124F4N24O16S4. The van der Waals surface area contributed by atoms with Gasteiger partial charge in [0.2, 0.25) is 0 Å². The Kier molecular flexibility index (Phi) is 18.8. The number of hydrogen-bond donors (Lipinski definition) is 16. The van der Waals surface area contributed by atoms with Gasteiger partial charge in [-0.3, -0.25) is 0 Å². The van der Waals surface area contributed by atoms with E-state index in [-0.39, 0.29) is 189 Å². The smallest absolute Gasteiger partial charge is 0.191 e. The number of nitrogens with zero attached hydrogens (tertiary/aromatic N) is 20. The van der Waals surface area contributed by atoms with Crippen LogP contribution in [0.1, 0.15) is 271 Å². The van der Waals surface area contributed by atoms with E-state index < -0.39 is 368 Å². The van der Waals surface area contributed by atoms with Crippen LogP contribution in [0.2, 0.25) is 0 Å². The Hall–Kier alpha value is -9.52. The normalized spacial score (nSPS) is 43.5. The molecule has 8 fully saturated rings. The maximum absolute atomic E-state index is 14.7. The van der Waals surface area contributed by atoms with Crippen molar-refractivity contribution in [3.63, 3.8) is 0 Å². The van der Waals surface area contributed by atoms with E-state index in [1.807, 2.05) is 0 Å². The van der Waals surface area contributed by atoms with Gasteiger partial charge in [0.25, 0.3) is 0 Å². The molecule has 24 atom stereocenters. The zero-order chi connectivity index (χ0) is 150. The largest absolute Gasteiger partial charge is 0.394 e. The Morgan fingerprint density at radius 2 is 0.639 bits per heavy atom. The van der Waals surface area contributed by atoms with Gasteiger partial charge in [0.15, 0.2) is 88.6 Å². The van der Waals surface area contributed by atoms with Crippen molar-refractivity contribution in [2.75, 3.05) is 96.8 Å². The number of ether oxygens (including phenoxy) is 4. The number of rotatable bonds is 40. The predicted molar refractivity (Wildman–Crippen MR) is 530 cm³/mol. The van der Waals surface area contributed by atoms with Crippen LogP contribution >= 0.6 is 47.0 Å². The Morgan fingerprint density at radius 3 is 0.896 bits per heavy atom. The van der Waals surface area contributed by atoms with Crippen LogP contribution in [-0.4, -0.2) is 334 Å². The van der Waals surface area contributed by atoms with Gasteiger partial charge in [-0.05, 0) is 148 Å². The van der Waals surface area contributed by atoms with Crippen molar-refractivity contribution in [1.29, 1.82) is 0 Å². The molecule has 0 spiro atoms. The molecule has 20 rings (SSSR count). The zero-order valence-corrected chi connectivity index (χ0v) is 79.3. The van der Waals surface area contributed by atoms with Gasteiger partial charge in [0.1, 0.15) is 71.9 Å². The van der Waals surface area contributed by atoms with Crippen LogP contribution < -0.4 is 21.3 Å². The first-order valence-corrected chi connectivity index (χ1v) is 46.5. The van der Waals surface area contributed by atoms with Crippen molar-refractivity contribution < 1.29 is 172 Å². The summed E-state index contributed by atoms with van der Waals surface area (Å²) in [5, 5.41) is 167. The lowest BCUT2D eigenvalue weighted by atomic mass is 10.1. The lowest BCUT2D eigenvalue weighted by molar-refractivity contribution is -0.0629. The summed E-state index contributed by atoms with van der Waals surface area (Å²) >= 11 is 1.53. The molecule has 0 saturated heterocycles. The van der Waals surface area contributed by atoms with Gasteiger partial charge in [0, 0.05) is 121 Å². The van der Waals surface area contributed by atoms with Crippen molar-refractivity contribution in [1.82, 2.24) is 99.8 Å². The number of benzene rings is 4. The fraction of sp³-hybridized carbons (Fsp3) is 0.583. The molecule has 0 unspecified atom stereocenters. The van der Waals surface area contributed by atoms with E-state index in [1.54, 1.807) is 0 Å². The van der Waals surface area contributed by atoms with Gasteiger partial charge < -0.3 is 101 Å². The second kappa shape index (κ2) is 47.3. The van der Waals surface area contributed by atoms with Gasteiger partial charge in [0.05, 0.1) is 150 Å². The second-order valence-electron chi connectivity index (χ2n) is 31.4. The van der Waals surface area contributed by atoms with E-state index in [9.17, 15) is 78.8 Å². The van der Waals surface area contributed by atoms with E-state index in [0.717, 1.165) is 6.92 Å². The molecule has 776 valence electrons. The van der Waals surface area contributed by atoms with E-state index in [2.05, 4.69) is 107 Å². The van der Waals surface area contributed by atoms with Crippen LogP contribution in [0.15, 0.2) is 93.1 Å². The number of aliphatic hydroxyl groups excluding tert-OH is 2. The van der Waals surface area contributed by atoms with Crippen molar-refractivity contribution in [3.05, 3.63) is 140 Å². The van der Waals surface area contributed by atoms with Crippen molar-refractivity contribution in [3.8, 4) is 0 Å². The number of thioether (sulfide) groups is 4. The number of halogens is 4. The summed E-state index contributed by atoms with van der Waals surface area (Å²) in [5.74, 6) is -7.70. The molecule has 8 aliphatic rings. The van der Waals surface area contributed by atoms with E-state index in [0.29, 0.717) is 35.3 Å². The molecule has 0 bridgehead atoms. The third-order valence-electron chi connectivity index (χ3n) is 21.5. The van der Waals surface area contributed by atoms with E-state index in [1.165, 1.54) is 48.5 Å². The maximum atomic E-state index is 14.7. The lowest BCUT2D eigenvalue weighted by Crippen LogP contribution is -2.33. The van der Waals surface area contributed by atoms with Gasteiger partial charge in [-0.15, -0.1) is 20.4 Å². The fourth-order valence-electron chi connectivity index (χ4n) is 14.0. The lowest BCUT2D eigenvalue weighted by Gasteiger charge is -2.17. The fourth-order valence-corrected chi connectivity index (χ4v) is 16.1. The molecular weight excluding hydrogens is 1950 g/mol. The number of anilines is 4. The Bertz CT molecular complexity index is 9400. The van der Waals surface area contributed by atoms with Crippen LogP contribution in [0.25, 0.3) is 44.7 Å². The summed E-state index contributed by atoms with van der Waals surface area (Å²) in [6, 6.07) is -23.3. The summed E-state index contributed by atoms with van der Waals surface area (Å²) in [6.45, 7) is -8.81. The minimum Gasteiger partial charge on any atom is -0.394 e. The molecule has 48 heteroatoms. The topological polar surface area (TPSA) is 554 Å². The molecule has 8 heterocycles. The maximum Gasteiger partial charge on any atom is 0.191 e. The van der Waals surface area contributed by atoms with Crippen LogP contribution in [-0.2, 0) is 18.9 Å². The minimum absolute atomic E-state index is 0.0474. The molecule has 40 nitrogen and oxygen atoms in total. The number of nitrogens with one attached hydrogen (secondary N) is 4. The third-order valence-corrected chi connectivity index (χ3v) is 24.6. The van der Waals surface area contributed by atoms with E-state index >= 15 is 0 Å². The second-order valence-corrected chi connectivity index (χ2v) is 34.7. The summed E-state index contributed by atoms with van der Waals surface area (Å²) in [5.41, 5.74) is -14.1. The zero-order valence-electron chi connectivity index (χ0n) is 130. The van der Waals surface area contributed by atoms with Gasteiger partial charge in [-0.2, -0.15) is 0 Å². The molecule has 0 aliphatic heterocycles. The predicted octanol–water partition coefficient (Wildman–Crippen LogP) is 8.73. The van der Waals surface area contributed by atoms with Gasteiger partial charge >= 0.3 is 0 Å². The van der Waals surface area contributed by atoms with Crippen LogP contribution in [0, 0.1) is 51.0 Å². The molecule has 144 heavy (non-hydrogen) atoms. The summed E-state index contributed by atoms with van der Waals surface area (Å²) in [7, 11) is 0. The molecule has 8 aliphatic carbocycles. The SMILES string of the molecule is [2H]c1c([2H])c([C@@H]2C[C@H]2Nc2nc(SC([2H])([2H])C([2H])([2H])C)nc3c2nnn3[C@]2([2H])C([2H])([2H])[C@]([2H])(OCCO)[C@@]([2H])(O)[C@@]2([2H])O)c([2H])c(F)c1C.[2H]c1c([2H])c([C@@H]2C[C@H]2Nc2nc(SC([2H])([2H])CC)nc3c2nnn3[C@]2([2H])C([2H])([2H])[C@]([2H])(OC([2H])([2H])C([2H])([2H])O)[C@@]([2H])(O)[C@@]2([2H])O)c([2H])c(F)c1C.[2H]c1c([2H])c([C@@H]2C[C@H]2Nc2nc(SC([2H])([2H])CC)nc3c2nnn3[C@]2([2H])C([2H])([2H])[C@]([2H])(OC([2H])([2H])CO)[C@@]([2H])(O)[C@@]2([2H])O)c([2H])c(F)c1C.[2H]c1c([2H])c([C@@H]2C[C@H]2Nc2nc(SC([2H])([2H])CC)nc3c2nnn3[C@]2([2H])C([2H])([2H])[C@]([2H])(OCC([2H])([2H])O)[C@@]([2H])(O)[C@@]2([2H])O)c([2H])c(F)c1C. The number of aliphatic hydroxyl groups is 12. The van der Waals surface area contributed by atoms with Crippen LogP contribution in [0.3, 0.4) is 0 Å². The highest BCUT2D eigenvalue weighted by Gasteiger charge is 2.51. The number of fused-ring (bicyclic) bond motifs is 4. The highest BCUT2D eigenvalue weighted by molar-refractivity contribution is 7.99. The molecule has 8 saturated carbocycles. The summed E-state index contributed by atoms with van der Waals surface area (Å²) < 4.78 is 526. The Morgan fingerprint density at radius 1 is 0.368 bits per heavy atom. The van der Waals surface area contributed by atoms with Crippen LogP contribution in [0.4, 0.5) is 40.8 Å². The highest BCUT2D eigenvalue weighted by Crippen LogP contribution is 2.50. The van der Waals surface area contributed by atoms with Gasteiger partial charge in [-0.1, -0.05) is 144 Å². The first-order chi connectivity index (χ1) is 89.7. The first-order valence-electron chi connectivity index (χ1n) is 70.2. The monoisotopic (exact) mass is 2130 g/mol. The Balaban J connectivity index is 0.000000171. The minimum atomic E-state index is -4.35. The van der Waals surface area contributed by atoms with Crippen molar-refractivity contribution in [2.24, 2.45) is 0 Å². The molecule has 8 aromatic heterocycles. The van der Waals surface area contributed by atoms with Crippen LogP contribution in [0.5, 0.6) is 0 Å². The third kappa shape index (κ3) is 23.8. The average Bonchev–Trinajstić information content (AvgIpc) is 1.50. The molecule has 0 radical (unpaired) electrons. The Labute approximate surface area is 919 Å². The van der Waals surface area contributed by atoms with Gasteiger partial charge in [-0.25, -0.2) is 76.2 Å². The standard InChI is InChI=1S/4C24H31FN6O4S/c4*1-3-8-36-24-27-22(26-16-10-14(16)13-5-4-12(2)15(25)9-13)19-23(28-24)31(30-29-19)17-11-18(35-7-6-32)21(34)20(17)33/h4*4-5,9,14,16-18,20-21,32-34H,3,6-8,10-11H2,1-2H3,(H,26,27,28)/t4*14-,16+,17+,18-,20-,21+/m0000/s1/i4D,5D,6D2,7D2,8D2,9D,11D2,17D,18D,20D,21D;4D,5D,7D2,8D2,9D,11D2,17D,18D,20D,21D;4D,5D,6D2,8D2,9D,11D2,17D,18D,20D,21D;3D2,4D,5D,8D2,9D,11D2,17D,18D,20D,21D. The van der Waals surface area contributed by atoms with Crippen molar-refractivity contribution in [2.45, 2.75) is 298 Å². The highest BCUT2D eigenvalue weighted by atomic mass is 32.2. The quantitative estimate of drug-likeness (QED) is 0.00969. The molecule has 16 N–H and O–H groups in total. The molecule has 4 aromatic carbocycles. The number of aromatic nitrogens is 20. The first kappa shape index (κ1) is 57.3. The van der Waals surface area contributed by atoms with Crippen molar-refractivity contribution >= 4 is 115 Å². The van der Waals surface area contributed by atoms with E-state index in [4.69, 9.17) is 88.2 Å². The molecule has 0 amide bonds. The summed E-state index contributed by atoms with van der Waals surface area (Å²) in [6.07, 6.45) is -66.2.